The van der Waals surface area contributed by atoms with E-state index in [1.807, 2.05) is 30.3 Å². The standard InChI is InChI=1S/C23H19FN4O2/c24-17-10-4-5-11-18(17)27-22(29)15-28-20-13-7-6-12-19(20)26-21(28)14-25-23(30)16-8-2-1-3-9-16/h1-13H,14-15H2,(H,25,30)(H,27,29). The van der Waals surface area contributed by atoms with Crippen LogP contribution < -0.4 is 10.6 Å². The van der Waals surface area contributed by atoms with Gasteiger partial charge >= 0.3 is 0 Å². The Balaban J connectivity index is 1.55. The van der Waals surface area contributed by atoms with Gasteiger partial charge in [-0.1, -0.05) is 42.5 Å². The van der Waals surface area contributed by atoms with Gasteiger partial charge in [0.05, 0.1) is 23.3 Å². The van der Waals surface area contributed by atoms with E-state index in [0.29, 0.717) is 16.9 Å². The summed E-state index contributed by atoms with van der Waals surface area (Å²) in [4.78, 5) is 29.5. The molecule has 0 aliphatic rings. The zero-order valence-electron chi connectivity index (χ0n) is 16.0. The van der Waals surface area contributed by atoms with E-state index in [0.717, 1.165) is 5.52 Å². The Morgan fingerprint density at radius 2 is 1.60 bits per heavy atom. The van der Waals surface area contributed by atoms with Gasteiger partial charge in [0.15, 0.2) is 0 Å². The number of imidazole rings is 1. The van der Waals surface area contributed by atoms with Crippen molar-refractivity contribution in [2.45, 2.75) is 13.1 Å². The molecular formula is C23H19FN4O2. The number of anilines is 1. The van der Waals surface area contributed by atoms with Crippen molar-refractivity contribution in [3.05, 3.63) is 96.1 Å². The molecule has 6 nitrogen and oxygen atoms in total. The molecule has 0 fully saturated rings. The average Bonchev–Trinajstić information content (AvgIpc) is 3.11. The molecule has 3 aromatic carbocycles. The Hall–Kier alpha value is -4.00. The van der Waals surface area contributed by atoms with Crippen LogP contribution in [0.3, 0.4) is 0 Å². The summed E-state index contributed by atoms with van der Waals surface area (Å²) in [6.45, 7) is 0.0841. The van der Waals surface area contributed by atoms with Crippen LogP contribution >= 0.6 is 0 Å². The van der Waals surface area contributed by atoms with E-state index in [2.05, 4.69) is 15.6 Å². The van der Waals surface area contributed by atoms with Crippen molar-refractivity contribution in [1.29, 1.82) is 0 Å². The smallest absolute Gasteiger partial charge is 0.251 e. The van der Waals surface area contributed by atoms with E-state index in [9.17, 15) is 14.0 Å². The second-order valence-electron chi connectivity index (χ2n) is 6.68. The first kappa shape index (κ1) is 19.3. The molecule has 4 aromatic rings. The molecule has 150 valence electrons. The molecule has 0 radical (unpaired) electrons. The maximum atomic E-state index is 13.9. The van der Waals surface area contributed by atoms with Gasteiger partial charge in [0, 0.05) is 5.56 Å². The lowest BCUT2D eigenvalue weighted by Gasteiger charge is -2.11. The summed E-state index contributed by atoms with van der Waals surface area (Å²) in [5.41, 5.74) is 2.12. The molecule has 30 heavy (non-hydrogen) atoms. The summed E-state index contributed by atoms with van der Waals surface area (Å²) in [7, 11) is 0. The number of nitrogens with zero attached hydrogens (tertiary/aromatic N) is 2. The van der Waals surface area contributed by atoms with Crippen LogP contribution in [0.25, 0.3) is 11.0 Å². The normalized spacial score (nSPS) is 10.7. The number of hydrogen-bond acceptors (Lipinski definition) is 3. The largest absolute Gasteiger partial charge is 0.345 e. The fraction of sp³-hybridized carbons (Fsp3) is 0.0870. The van der Waals surface area contributed by atoms with Crippen molar-refractivity contribution < 1.29 is 14.0 Å². The monoisotopic (exact) mass is 402 g/mol. The number of rotatable bonds is 6. The van der Waals surface area contributed by atoms with Gasteiger partial charge < -0.3 is 15.2 Å². The quantitative estimate of drug-likeness (QED) is 0.516. The predicted molar refractivity (Wildman–Crippen MR) is 112 cm³/mol. The minimum absolute atomic E-state index is 0.0641. The summed E-state index contributed by atoms with van der Waals surface area (Å²) in [6.07, 6.45) is 0. The number of carbonyl (C=O) groups excluding carboxylic acids is 2. The van der Waals surface area contributed by atoms with Crippen molar-refractivity contribution in [1.82, 2.24) is 14.9 Å². The van der Waals surface area contributed by atoms with Gasteiger partial charge in [-0.3, -0.25) is 9.59 Å². The van der Waals surface area contributed by atoms with Crippen LogP contribution in [0.5, 0.6) is 0 Å². The highest BCUT2D eigenvalue weighted by Gasteiger charge is 2.15. The van der Waals surface area contributed by atoms with Crippen LogP contribution in [0.1, 0.15) is 16.2 Å². The molecule has 0 unspecified atom stereocenters. The van der Waals surface area contributed by atoms with Crippen LogP contribution in [-0.2, 0) is 17.9 Å². The summed E-state index contributed by atoms with van der Waals surface area (Å²) >= 11 is 0. The summed E-state index contributed by atoms with van der Waals surface area (Å²) in [5, 5.41) is 5.42. The van der Waals surface area contributed by atoms with E-state index in [1.54, 1.807) is 41.0 Å². The Labute approximate surface area is 172 Å². The van der Waals surface area contributed by atoms with Gasteiger partial charge in [-0.25, -0.2) is 9.37 Å². The lowest BCUT2D eigenvalue weighted by atomic mass is 10.2. The lowest BCUT2D eigenvalue weighted by Crippen LogP contribution is -2.26. The topological polar surface area (TPSA) is 76.0 Å². The van der Waals surface area contributed by atoms with E-state index in [1.165, 1.54) is 12.1 Å². The number of benzene rings is 3. The summed E-state index contributed by atoms with van der Waals surface area (Å²) < 4.78 is 15.6. The minimum Gasteiger partial charge on any atom is -0.345 e. The molecule has 1 aromatic heterocycles. The third kappa shape index (κ3) is 4.20. The molecule has 4 rings (SSSR count). The molecule has 2 N–H and O–H groups in total. The number of carbonyl (C=O) groups is 2. The Morgan fingerprint density at radius 3 is 2.40 bits per heavy atom. The summed E-state index contributed by atoms with van der Waals surface area (Å²) in [6, 6.07) is 22.2. The van der Waals surface area contributed by atoms with Crippen molar-refractivity contribution >= 4 is 28.5 Å². The lowest BCUT2D eigenvalue weighted by molar-refractivity contribution is -0.116. The number of aromatic nitrogens is 2. The Bertz CT molecular complexity index is 1200. The number of amides is 2. The average molecular weight is 402 g/mol. The number of nitrogens with one attached hydrogen (secondary N) is 2. The molecule has 0 bridgehead atoms. The first-order valence-electron chi connectivity index (χ1n) is 9.43. The van der Waals surface area contributed by atoms with Crippen LogP contribution in [-0.4, -0.2) is 21.4 Å². The van der Waals surface area contributed by atoms with E-state index in [4.69, 9.17) is 0 Å². The van der Waals surface area contributed by atoms with Gasteiger partial charge in [-0.2, -0.15) is 0 Å². The fourth-order valence-corrected chi connectivity index (χ4v) is 3.18. The van der Waals surface area contributed by atoms with E-state index < -0.39 is 5.82 Å². The zero-order chi connectivity index (χ0) is 20.9. The molecule has 2 amide bonds. The van der Waals surface area contributed by atoms with Crippen molar-refractivity contribution in [3.63, 3.8) is 0 Å². The highest BCUT2D eigenvalue weighted by molar-refractivity contribution is 5.94. The second-order valence-corrected chi connectivity index (χ2v) is 6.68. The van der Waals surface area contributed by atoms with Crippen molar-refractivity contribution in [3.8, 4) is 0 Å². The number of halogens is 1. The highest BCUT2D eigenvalue weighted by atomic mass is 19.1. The molecule has 0 saturated heterocycles. The van der Waals surface area contributed by atoms with Gasteiger partial charge in [0.2, 0.25) is 5.91 Å². The molecule has 0 aliphatic heterocycles. The first-order chi connectivity index (χ1) is 14.6. The molecular weight excluding hydrogens is 383 g/mol. The van der Waals surface area contributed by atoms with Gasteiger partial charge in [-0.15, -0.1) is 0 Å². The highest BCUT2D eigenvalue weighted by Crippen LogP contribution is 2.17. The fourth-order valence-electron chi connectivity index (χ4n) is 3.18. The molecule has 1 heterocycles. The Kier molecular flexibility index (Phi) is 5.52. The molecule has 0 aliphatic carbocycles. The van der Waals surface area contributed by atoms with Gasteiger partial charge in [0.25, 0.3) is 5.91 Å². The number of fused-ring (bicyclic) bond motifs is 1. The number of hydrogen-bond donors (Lipinski definition) is 2. The van der Waals surface area contributed by atoms with E-state index in [-0.39, 0.29) is 30.6 Å². The van der Waals surface area contributed by atoms with Crippen molar-refractivity contribution in [2.75, 3.05) is 5.32 Å². The molecule has 0 spiro atoms. The van der Waals surface area contributed by atoms with Crippen molar-refractivity contribution in [2.24, 2.45) is 0 Å². The van der Waals surface area contributed by atoms with Crippen LogP contribution in [0.2, 0.25) is 0 Å². The SMILES string of the molecule is O=C(Cn1c(CNC(=O)c2ccccc2)nc2ccccc21)Nc1ccccc1F. The maximum absolute atomic E-state index is 13.9. The van der Waals surface area contributed by atoms with Gasteiger partial charge in [0.1, 0.15) is 18.2 Å². The zero-order valence-corrected chi connectivity index (χ0v) is 16.0. The second kappa shape index (κ2) is 8.57. The van der Waals surface area contributed by atoms with E-state index >= 15 is 0 Å². The van der Waals surface area contributed by atoms with Crippen LogP contribution in [0, 0.1) is 5.82 Å². The minimum atomic E-state index is -0.503. The number of para-hydroxylation sites is 3. The summed E-state index contributed by atoms with van der Waals surface area (Å²) in [5.74, 6) is -0.593. The third-order valence-corrected chi connectivity index (χ3v) is 4.63. The van der Waals surface area contributed by atoms with Crippen LogP contribution in [0.15, 0.2) is 78.9 Å². The molecule has 0 saturated carbocycles. The predicted octanol–water partition coefficient (Wildman–Crippen LogP) is 3.74. The maximum Gasteiger partial charge on any atom is 0.251 e. The first-order valence-corrected chi connectivity index (χ1v) is 9.43. The van der Waals surface area contributed by atoms with Gasteiger partial charge in [-0.05, 0) is 36.4 Å². The van der Waals surface area contributed by atoms with Crippen LogP contribution in [0.4, 0.5) is 10.1 Å². The molecule has 0 atom stereocenters. The Morgan fingerprint density at radius 1 is 0.900 bits per heavy atom. The molecule has 7 heteroatoms. The third-order valence-electron chi connectivity index (χ3n) is 4.63.